The van der Waals surface area contributed by atoms with E-state index in [1.165, 1.54) is 19.4 Å². The number of amides is 2. The van der Waals surface area contributed by atoms with E-state index in [-0.39, 0.29) is 46.4 Å². The van der Waals surface area contributed by atoms with Crippen molar-refractivity contribution in [1.82, 2.24) is 29.8 Å². The van der Waals surface area contributed by atoms with Crippen molar-refractivity contribution < 1.29 is 27.5 Å². The maximum absolute atomic E-state index is 13.8. The number of benzene rings is 1. The Morgan fingerprint density at radius 3 is 2.56 bits per heavy atom. The Morgan fingerprint density at radius 1 is 1.13 bits per heavy atom. The van der Waals surface area contributed by atoms with Crippen LogP contribution in [0.5, 0.6) is 5.88 Å². The molecule has 39 heavy (non-hydrogen) atoms. The van der Waals surface area contributed by atoms with Crippen LogP contribution in [0.2, 0.25) is 0 Å². The van der Waals surface area contributed by atoms with E-state index in [0.29, 0.717) is 18.7 Å². The molecule has 0 aliphatic carbocycles. The number of pyridine rings is 1. The Morgan fingerprint density at radius 2 is 1.87 bits per heavy atom. The highest BCUT2D eigenvalue weighted by molar-refractivity contribution is 5.98. The van der Waals surface area contributed by atoms with E-state index in [4.69, 9.17) is 10.5 Å². The number of likely N-dealkylation sites (tertiary alicyclic amines) is 1. The molecule has 0 saturated carbocycles. The highest BCUT2D eigenvalue weighted by atomic mass is 19.4. The smallest absolute Gasteiger partial charge is 0.418 e. The molecule has 2 unspecified atom stereocenters. The second-order valence-electron chi connectivity index (χ2n) is 9.26. The number of methoxy groups -OCH3 is 1. The summed E-state index contributed by atoms with van der Waals surface area (Å²) in [5.74, 6) is -1.08. The molecule has 1 saturated heterocycles. The first-order chi connectivity index (χ1) is 18.6. The van der Waals surface area contributed by atoms with Gasteiger partial charge in [-0.25, -0.2) is 14.5 Å². The fraction of sp³-hybridized carbons (Fsp3) is 0.269. The van der Waals surface area contributed by atoms with Gasteiger partial charge in [0.2, 0.25) is 5.88 Å². The van der Waals surface area contributed by atoms with E-state index in [1.807, 2.05) is 13.0 Å². The molecule has 0 spiro atoms. The van der Waals surface area contributed by atoms with E-state index >= 15 is 0 Å². The fourth-order valence-corrected chi connectivity index (χ4v) is 4.74. The molecule has 10 nitrogen and oxygen atoms in total. The largest absolute Gasteiger partial charge is 0.480 e. The Balaban J connectivity index is 1.44. The summed E-state index contributed by atoms with van der Waals surface area (Å²) in [6.07, 6.45) is -2.39. The van der Waals surface area contributed by atoms with Gasteiger partial charge in [0, 0.05) is 30.4 Å². The van der Waals surface area contributed by atoms with Crippen LogP contribution < -0.4 is 15.8 Å². The molecule has 2 amide bonds. The van der Waals surface area contributed by atoms with E-state index in [0.717, 1.165) is 16.9 Å². The average molecular weight is 540 g/mol. The van der Waals surface area contributed by atoms with Crippen LogP contribution in [-0.4, -0.2) is 62.5 Å². The van der Waals surface area contributed by atoms with E-state index in [2.05, 4.69) is 20.4 Å². The molecule has 3 aromatic heterocycles. The number of hydrogen-bond donors (Lipinski definition) is 2. The summed E-state index contributed by atoms with van der Waals surface area (Å²) < 4.78 is 47.6. The number of fused-ring (bicyclic) bond motifs is 1. The molecule has 5 rings (SSSR count). The van der Waals surface area contributed by atoms with Gasteiger partial charge in [0.05, 0.1) is 24.4 Å². The number of carbonyl (C=O) groups is 2. The van der Waals surface area contributed by atoms with E-state index < -0.39 is 23.2 Å². The van der Waals surface area contributed by atoms with Gasteiger partial charge >= 0.3 is 6.18 Å². The number of nitrogens with one attached hydrogen (secondary N) is 1. The third kappa shape index (κ3) is 4.82. The van der Waals surface area contributed by atoms with Gasteiger partial charge in [-0.3, -0.25) is 9.59 Å². The highest BCUT2D eigenvalue weighted by Crippen LogP contribution is 2.39. The maximum atomic E-state index is 13.8. The number of rotatable bonds is 5. The SMILES string of the molecule is COc1ncc(-c2cc(C(F)(F)F)c3c(N)ncnn23)cc1C(=O)NC1CN(C(=O)c2ccccc2)CC1C. The van der Waals surface area contributed by atoms with Crippen molar-refractivity contribution in [2.24, 2.45) is 5.92 Å². The number of anilines is 1. The molecule has 2 atom stereocenters. The monoisotopic (exact) mass is 539 g/mol. The summed E-state index contributed by atoms with van der Waals surface area (Å²) >= 11 is 0. The Labute approximate surface area is 220 Å². The van der Waals surface area contributed by atoms with Crippen molar-refractivity contribution in [2.75, 3.05) is 25.9 Å². The predicted octanol–water partition coefficient (Wildman–Crippen LogP) is 3.29. The van der Waals surface area contributed by atoms with Crippen molar-refractivity contribution in [1.29, 1.82) is 0 Å². The zero-order valence-electron chi connectivity index (χ0n) is 20.9. The van der Waals surface area contributed by atoms with Crippen LogP contribution in [0.3, 0.4) is 0 Å². The molecular weight excluding hydrogens is 515 g/mol. The van der Waals surface area contributed by atoms with Crippen LogP contribution in [0.4, 0.5) is 19.0 Å². The molecule has 4 heterocycles. The zero-order chi connectivity index (χ0) is 27.9. The van der Waals surface area contributed by atoms with Crippen molar-refractivity contribution in [3.8, 4) is 17.1 Å². The molecule has 4 aromatic rings. The fourth-order valence-electron chi connectivity index (χ4n) is 4.74. The lowest BCUT2D eigenvalue weighted by molar-refractivity contribution is -0.136. The normalized spacial score (nSPS) is 17.4. The lowest BCUT2D eigenvalue weighted by Crippen LogP contribution is -2.40. The number of alkyl halides is 3. The first kappa shape index (κ1) is 25.9. The van der Waals surface area contributed by atoms with Gasteiger partial charge in [0.25, 0.3) is 11.8 Å². The number of nitrogens with two attached hydrogens (primary N) is 1. The number of carbonyl (C=O) groups excluding carboxylic acids is 2. The highest BCUT2D eigenvalue weighted by Gasteiger charge is 2.37. The number of nitrogens with zero attached hydrogens (tertiary/aromatic N) is 5. The van der Waals surface area contributed by atoms with Gasteiger partial charge in [0.15, 0.2) is 5.82 Å². The summed E-state index contributed by atoms with van der Waals surface area (Å²) in [6, 6.07) is 10.8. The second kappa shape index (κ2) is 9.89. The minimum absolute atomic E-state index is 0.00911. The maximum Gasteiger partial charge on any atom is 0.418 e. The Hall–Kier alpha value is -4.68. The average Bonchev–Trinajstić information content (AvgIpc) is 3.50. The summed E-state index contributed by atoms with van der Waals surface area (Å²) in [7, 11) is 1.33. The Kier molecular flexibility index (Phi) is 6.58. The first-order valence-electron chi connectivity index (χ1n) is 12.0. The van der Waals surface area contributed by atoms with Crippen LogP contribution in [0, 0.1) is 5.92 Å². The van der Waals surface area contributed by atoms with Crippen molar-refractivity contribution in [2.45, 2.75) is 19.1 Å². The van der Waals surface area contributed by atoms with E-state index in [9.17, 15) is 22.8 Å². The van der Waals surface area contributed by atoms with Crippen molar-refractivity contribution in [3.63, 3.8) is 0 Å². The predicted molar refractivity (Wildman–Crippen MR) is 135 cm³/mol. The van der Waals surface area contributed by atoms with Gasteiger partial charge in [0.1, 0.15) is 17.4 Å². The van der Waals surface area contributed by atoms with Gasteiger partial charge in [-0.2, -0.15) is 18.3 Å². The first-order valence-corrected chi connectivity index (χ1v) is 12.0. The molecule has 3 N–H and O–H groups in total. The zero-order valence-corrected chi connectivity index (χ0v) is 20.9. The van der Waals surface area contributed by atoms with Crippen LogP contribution in [0.15, 0.2) is 55.0 Å². The lowest BCUT2D eigenvalue weighted by Gasteiger charge is -2.18. The molecule has 0 radical (unpaired) electrons. The third-order valence-electron chi connectivity index (χ3n) is 6.71. The molecule has 0 bridgehead atoms. The molecule has 1 aliphatic heterocycles. The molecule has 1 aromatic carbocycles. The summed E-state index contributed by atoms with van der Waals surface area (Å²) in [4.78, 5) is 35.8. The summed E-state index contributed by atoms with van der Waals surface area (Å²) in [5.41, 5.74) is 5.10. The number of aromatic nitrogens is 4. The van der Waals surface area contributed by atoms with Gasteiger partial charge in [-0.1, -0.05) is 25.1 Å². The quantitative estimate of drug-likeness (QED) is 0.398. The molecule has 1 aliphatic rings. The van der Waals surface area contributed by atoms with Crippen LogP contribution in [-0.2, 0) is 6.18 Å². The molecule has 202 valence electrons. The molecule has 1 fully saturated rings. The van der Waals surface area contributed by atoms with Crippen LogP contribution >= 0.6 is 0 Å². The van der Waals surface area contributed by atoms with Gasteiger partial charge < -0.3 is 20.7 Å². The van der Waals surface area contributed by atoms with Gasteiger partial charge in [-0.15, -0.1) is 0 Å². The standard InChI is InChI=1S/C26H24F3N7O3/c1-14-11-35(25(38)15-6-4-3-5-7-15)12-19(14)34-23(37)17-8-16(10-31-24(17)39-2)20-9-18(26(27,28)29)21-22(30)32-13-33-36(20)21/h3-10,13-14,19H,11-12H2,1-2H3,(H,34,37)(H2,30,32,33). The molecule has 13 heteroatoms. The number of hydrogen-bond acceptors (Lipinski definition) is 7. The van der Waals surface area contributed by atoms with Crippen LogP contribution in [0.1, 0.15) is 33.2 Å². The van der Waals surface area contributed by atoms with Crippen molar-refractivity contribution >= 4 is 23.1 Å². The van der Waals surface area contributed by atoms with Gasteiger partial charge in [-0.05, 0) is 30.2 Å². The van der Waals surface area contributed by atoms with E-state index in [1.54, 1.807) is 29.2 Å². The summed E-state index contributed by atoms with van der Waals surface area (Å²) in [6.45, 7) is 2.67. The third-order valence-corrected chi connectivity index (χ3v) is 6.71. The minimum Gasteiger partial charge on any atom is -0.480 e. The minimum atomic E-state index is -4.72. The van der Waals surface area contributed by atoms with Crippen LogP contribution in [0.25, 0.3) is 16.8 Å². The van der Waals surface area contributed by atoms with Crippen molar-refractivity contribution in [3.05, 3.63) is 71.7 Å². The number of ether oxygens (including phenoxy) is 1. The number of halogens is 3. The lowest BCUT2D eigenvalue weighted by atomic mass is 10.1. The second-order valence-corrected chi connectivity index (χ2v) is 9.26. The Bertz CT molecular complexity index is 1560. The summed E-state index contributed by atoms with van der Waals surface area (Å²) in [5, 5.41) is 6.87. The topological polar surface area (TPSA) is 128 Å². The number of nitrogen functional groups attached to an aromatic ring is 1. The molecular formula is C26H24F3N7O3.